The summed E-state index contributed by atoms with van der Waals surface area (Å²) in [5.74, 6) is 0.847. The molecule has 5 nitrogen and oxygen atoms in total. The smallest absolute Gasteiger partial charge is 0.259 e. The number of carbonyl (C=O) groups is 1. The normalized spacial score (nSPS) is 23.0. The molecule has 3 aliphatic heterocycles. The van der Waals surface area contributed by atoms with Gasteiger partial charge in [-0.2, -0.15) is 0 Å². The molecule has 2 aromatic rings. The number of benzene rings is 2. The molecule has 5 rings (SSSR count). The number of nitrogens with zero attached hydrogens (tertiary/aromatic N) is 4. The van der Waals surface area contributed by atoms with E-state index >= 15 is 0 Å². The second-order valence-corrected chi connectivity index (χ2v) is 9.54. The van der Waals surface area contributed by atoms with Gasteiger partial charge in [-0.25, -0.2) is 9.89 Å². The van der Waals surface area contributed by atoms with Crippen molar-refractivity contribution in [2.45, 2.75) is 50.6 Å². The lowest BCUT2D eigenvalue weighted by Crippen LogP contribution is -2.52. The van der Waals surface area contributed by atoms with Gasteiger partial charge in [0.1, 0.15) is 6.04 Å². The second-order valence-electron chi connectivity index (χ2n) is 9.10. The summed E-state index contributed by atoms with van der Waals surface area (Å²) in [5, 5.41) is 0.669. The van der Waals surface area contributed by atoms with Gasteiger partial charge in [0.05, 0.1) is 5.69 Å². The first-order chi connectivity index (χ1) is 15.7. The van der Waals surface area contributed by atoms with Crippen molar-refractivity contribution >= 4 is 29.2 Å². The summed E-state index contributed by atoms with van der Waals surface area (Å²) in [6.45, 7) is 4.35. The van der Waals surface area contributed by atoms with Crippen LogP contribution in [0.4, 0.5) is 5.69 Å². The molecule has 0 aliphatic carbocycles. The van der Waals surface area contributed by atoms with E-state index in [0.29, 0.717) is 17.5 Å². The molecule has 2 aromatic carbocycles. The molecule has 0 bridgehead atoms. The first-order valence-corrected chi connectivity index (χ1v) is 12.3. The number of rotatable bonds is 4. The number of likely N-dealkylation sites (tertiary alicyclic amines) is 2. The van der Waals surface area contributed by atoms with Crippen LogP contribution in [0, 0.1) is 0 Å². The van der Waals surface area contributed by atoms with Crippen LogP contribution in [-0.4, -0.2) is 59.9 Å². The molecule has 2 saturated heterocycles. The van der Waals surface area contributed by atoms with Crippen molar-refractivity contribution in [3.8, 4) is 0 Å². The predicted octanol–water partition coefficient (Wildman–Crippen LogP) is 4.60. The van der Waals surface area contributed by atoms with Crippen molar-refractivity contribution in [2.24, 2.45) is 4.99 Å². The van der Waals surface area contributed by atoms with Crippen LogP contribution >= 0.6 is 11.6 Å². The standard InChI is InChI=1S/C26H31ClN4O/c27-21-9-11-23(12-10-21)31-25(32)24(19-20-7-3-1-4-8-20)28-26(31)30-17-13-22(14-18-30)29-15-5-2-6-16-29/h1,3-4,7-12,22,24H,2,5-6,13-19H2. The maximum absolute atomic E-state index is 13.5. The van der Waals surface area contributed by atoms with E-state index in [0.717, 1.165) is 43.1 Å². The molecule has 0 aromatic heterocycles. The van der Waals surface area contributed by atoms with Gasteiger partial charge in [-0.1, -0.05) is 48.4 Å². The number of guanidine groups is 1. The number of piperidine rings is 2. The Kier molecular flexibility index (Phi) is 6.47. The van der Waals surface area contributed by atoms with Gasteiger partial charge in [-0.3, -0.25) is 4.79 Å². The van der Waals surface area contributed by atoms with Gasteiger partial charge in [0, 0.05) is 30.6 Å². The molecule has 1 amide bonds. The van der Waals surface area contributed by atoms with Crippen molar-refractivity contribution in [1.29, 1.82) is 0 Å². The molecular formula is C26H31ClN4O. The summed E-state index contributed by atoms with van der Waals surface area (Å²) in [7, 11) is 0. The van der Waals surface area contributed by atoms with Gasteiger partial charge in [0.25, 0.3) is 5.91 Å². The average Bonchev–Trinajstić information content (AvgIpc) is 3.17. The number of hydrogen-bond donors (Lipinski definition) is 0. The Morgan fingerprint density at radius 1 is 0.875 bits per heavy atom. The van der Waals surface area contributed by atoms with Crippen LogP contribution in [-0.2, 0) is 11.2 Å². The van der Waals surface area contributed by atoms with Crippen LogP contribution in [0.25, 0.3) is 0 Å². The Morgan fingerprint density at radius 2 is 1.56 bits per heavy atom. The van der Waals surface area contributed by atoms with Gasteiger partial charge >= 0.3 is 0 Å². The zero-order valence-electron chi connectivity index (χ0n) is 18.5. The number of carbonyl (C=O) groups excluding carboxylic acids is 1. The van der Waals surface area contributed by atoms with Crippen molar-refractivity contribution < 1.29 is 4.79 Å². The average molecular weight is 451 g/mol. The summed E-state index contributed by atoms with van der Waals surface area (Å²) in [6, 6.07) is 18.0. The molecule has 0 saturated carbocycles. The fourth-order valence-corrected chi connectivity index (χ4v) is 5.37. The monoisotopic (exact) mass is 450 g/mol. The van der Waals surface area contributed by atoms with E-state index < -0.39 is 0 Å². The lowest BCUT2D eigenvalue weighted by Gasteiger charge is -2.41. The molecule has 0 spiro atoms. The third-order valence-corrected chi connectivity index (χ3v) is 7.24. The molecule has 2 fully saturated rings. The Morgan fingerprint density at radius 3 is 2.25 bits per heavy atom. The minimum absolute atomic E-state index is 0.0457. The lowest BCUT2D eigenvalue weighted by molar-refractivity contribution is -0.118. The molecule has 1 atom stereocenters. The molecule has 3 heterocycles. The molecule has 1 unspecified atom stereocenters. The quantitative estimate of drug-likeness (QED) is 0.683. The largest absolute Gasteiger partial charge is 0.342 e. The van der Waals surface area contributed by atoms with E-state index in [1.54, 1.807) is 0 Å². The Bertz CT molecular complexity index is 948. The highest BCUT2D eigenvalue weighted by molar-refractivity contribution is 6.30. The van der Waals surface area contributed by atoms with Crippen LogP contribution in [0.5, 0.6) is 0 Å². The lowest BCUT2D eigenvalue weighted by atomic mass is 10.00. The number of hydrogen-bond acceptors (Lipinski definition) is 4. The number of anilines is 1. The summed E-state index contributed by atoms with van der Waals surface area (Å²) >= 11 is 6.12. The molecular weight excluding hydrogens is 420 g/mol. The summed E-state index contributed by atoms with van der Waals surface area (Å²) in [5.41, 5.74) is 1.97. The minimum atomic E-state index is -0.386. The first kappa shape index (κ1) is 21.5. The van der Waals surface area contributed by atoms with Crippen molar-refractivity contribution in [3.63, 3.8) is 0 Å². The van der Waals surface area contributed by atoms with Gasteiger partial charge in [-0.05, 0) is 68.6 Å². The Balaban J connectivity index is 1.36. The fourth-order valence-electron chi connectivity index (χ4n) is 5.24. The van der Waals surface area contributed by atoms with Gasteiger partial charge in [-0.15, -0.1) is 0 Å². The van der Waals surface area contributed by atoms with Crippen LogP contribution in [0.2, 0.25) is 5.02 Å². The Hall–Kier alpha value is -2.37. The van der Waals surface area contributed by atoms with E-state index in [1.807, 2.05) is 47.4 Å². The fraction of sp³-hybridized carbons (Fsp3) is 0.462. The highest BCUT2D eigenvalue weighted by atomic mass is 35.5. The molecule has 0 N–H and O–H groups in total. The van der Waals surface area contributed by atoms with Gasteiger partial charge in [0.15, 0.2) is 0 Å². The first-order valence-electron chi connectivity index (χ1n) is 11.9. The maximum Gasteiger partial charge on any atom is 0.259 e. The minimum Gasteiger partial charge on any atom is -0.342 e. The van der Waals surface area contributed by atoms with Crippen LogP contribution < -0.4 is 4.90 Å². The highest BCUT2D eigenvalue weighted by Crippen LogP contribution is 2.29. The van der Waals surface area contributed by atoms with Gasteiger partial charge in [0.2, 0.25) is 5.96 Å². The van der Waals surface area contributed by atoms with E-state index in [-0.39, 0.29) is 11.9 Å². The second kappa shape index (κ2) is 9.63. The number of amides is 1. The SMILES string of the molecule is O=C1C(Cc2ccccc2)N=C(N2CCC(N3CCCCC3)CC2)N1c1ccc(Cl)cc1. The van der Waals surface area contributed by atoms with E-state index in [1.165, 1.54) is 32.4 Å². The number of halogens is 1. The third-order valence-electron chi connectivity index (χ3n) is 6.99. The van der Waals surface area contributed by atoms with E-state index in [4.69, 9.17) is 16.6 Å². The Labute approximate surface area is 195 Å². The summed E-state index contributed by atoms with van der Waals surface area (Å²) in [6.07, 6.45) is 6.90. The molecule has 168 valence electrons. The molecule has 32 heavy (non-hydrogen) atoms. The van der Waals surface area contributed by atoms with E-state index in [9.17, 15) is 4.79 Å². The van der Waals surface area contributed by atoms with Crippen molar-refractivity contribution in [2.75, 3.05) is 31.1 Å². The van der Waals surface area contributed by atoms with Crippen LogP contribution in [0.1, 0.15) is 37.7 Å². The highest BCUT2D eigenvalue weighted by Gasteiger charge is 2.39. The van der Waals surface area contributed by atoms with Crippen LogP contribution in [0.15, 0.2) is 59.6 Å². The summed E-state index contributed by atoms with van der Waals surface area (Å²) in [4.78, 5) is 25.3. The van der Waals surface area contributed by atoms with E-state index in [2.05, 4.69) is 21.9 Å². The van der Waals surface area contributed by atoms with Crippen LogP contribution in [0.3, 0.4) is 0 Å². The molecule has 6 heteroatoms. The topological polar surface area (TPSA) is 39.2 Å². The third kappa shape index (κ3) is 4.55. The summed E-state index contributed by atoms with van der Waals surface area (Å²) < 4.78 is 0. The molecule has 3 aliphatic rings. The van der Waals surface area contributed by atoms with Crippen molar-refractivity contribution in [1.82, 2.24) is 9.80 Å². The van der Waals surface area contributed by atoms with Gasteiger partial charge < -0.3 is 9.80 Å². The number of aliphatic imine (C=N–C) groups is 1. The molecule has 0 radical (unpaired) electrons. The predicted molar refractivity (Wildman–Crippen MR) is 130 cm³/mol. The zero-order valence-corrected chi connectivity index (χ0v) is 19.3. The zero-order chi connectivity index (χ0) is 21.9. The van der Waals surface area contributed by atoms with Crippen molar-refractivity contribution in [3.05, 3.63) is 65.2 Å². The maximum atomic E-state index is 13.5.